The molecule has 1 aromatic heterocycles. The second-order valence-corrected chi connectivity index (χ2v) is 4.10. The van der Waals surface area contributed by atoms with Gasteiger partial charge in [0, 0.05) is 17.4 Å². The lowest BCUT2D eigenvalue weighted by molar-refractivity contribution is -0.144. The SMILES string of the molecule is C[C@H](Oc1ccc(Cl)cc1-n1cccn1)C(=O)O. The molecule has 2 rings (SSSR count). The van der Waals surface area contributed by atoms with Gasteiger partial charge in [0.05, 0.1) is 0 Å². The average molecular weight is 267 g/mol. The third-order valence-electron chi connectivity index (χ3n) is 2.32. The monoisotopic (exact) mass is 266 g/mol. The van der Waals surface area contributed by atoms with Gasteiger partial charge in [-0.1, -0.05) is 11.6 Å². The van der Waals surface area contributed by atoms with Crippen LogP contribution in [0.1, 0.15) is 6.92 Å². The van der Waals surface area contributed by atoms with Gasteiger partial charge in [0.1, 0.15) is 11.4 Å². The van der Waals surface area contributed by atoms with Crippen LogP contribution in [0.25, 0.3) is 5.69 Å². The maximum Gasteiger partial charge on any atom is 0.344 e. The van der Waals surface area contributed by atoms with Crippen LogP contribution in [0.5, 0.6) is 5.75 Å². The lowest BCUT2D eigenvalue weighted by atomic mass is 10.3. The Morgan fingerprint density at radius 1 is 1.56 bits per heavy atom. The zero-order valence-corrected chi connectivity index (χ0v) is 10.3. The predicted molar refractivity (Wildman–Crippen MR) is 66.3 cm³/mol. The van der Waals surface area contributed by atoms with Crippen LogP contribution in [0.3, 0.4) is 0 Å². The first-order chi connectivity index (χ1) is 8.58. The van der Waals surface area contributed by atoms with Crippen LogP contribution < -0.4 is 4.74 Å². The van der Waals surface area contributed by atoms with Crippen LogP contribution in [0.4, 0.5) is 0 Å². The smallest absolute Gasteiger partial charge is 0.344 e. The second-order valence-electron chi connectivity index (χ2n) is 3.66. The molecule has 0 unspecified atom stereocenters. The van der Waals surface area contributed by atoms with E-state index in [9.17, 15) is 4.79 Å². The van der Waals surface area contributed by atoms with Crippen LogP contribution in [-0.2, 0) is 4.79 Å². The van der Waals surface area contributed by atoms with Crippen LogP contribution in [-0.4, -0.2) is 27.0 Å². The van der Waals surface area contributed by atoms with Crippen LogP contribution in [0, 0.1) is 0 Å². The number of benzene rings is 1. The molecule has 1 heterocycles. The van der Waals surface area contributed by atoms with Gasteiger partial charge in [-0.05, 0) is 31.2 Å². The largest absolute Gasteiger partial charge is 0.479 e. The summed E-state index contributed by atoms with van der Waals surface area (Å²) >= 11 is 5.92. The van der Waals surface area contributed by atoms with E-state index in [4.69, 9.17) is 21.4 Å². The first-order valence-corrected chi connectivity index (χ1v) is 5.65. The molecule has 0 radical (unpaired) electrons. The molecule has 1 atom stereocenters. The number of carbonyl (C=O) groups is 1. The molecule has 0 saturated heterocycles. The number of aromatic nitrogens is 2. The van der Waals surface area contributed by atoms with Gasteiger partial charge in [-0.15, -0.1) is 0 Å². The molecule has 0 aliphatic rings. The van der Waals surface area contributed by atoms with E-state index in [1.807, 2.05) is 0 Å². The molecule has 5 nitrogen and oxygen atoms in total. The van der Waals surface area contributed by atoms with Crippen LogP contribution in [0.15, 0.2) is 36.7 Å². The summed E-state index contributed by atoms with van der Waals surface area (Å²) in [5, 5.41) is 13.4. The summed E-state index contributed by atoms with van der Waals surface area (Å²) in [7, 11) is 0. The first-order valence-electron chi connectivity index (χ1n) is 5.27. The fraction of sp³-hybridized carbons (Fsp3) is 0.167. The third kappa shape index (κ3) is 2.62. The van der Waals surface area contributed by atoms with E-state index in [-0.39, 0.29) is 0 Å². The molecule has 0 bridgehead atoms. The zero-order chi connectivity index (χ0) is 13.1. The fourth-order valence-corrected chi connectivity index (χ4v) is 1.59. The topological polar surface area (TPSA) is 64.4 Å². The Labute approximate surface area is 109 Å². The summed E-state index contributed by atoms with van der Waals surface area (Å²) in [6.07, 6.45) is 2.40. The van der Waals surface area contributed by atoms with Crippen molar-refractivity contribution in [3.63, 3.8) is 0 Å². The number of carboxylic acid groups (broad SMARTS) is 1. The van der Waals surface area contributed by atoms with E-state index in [1.54, 1.807) is 41.3 Å². The molecular formula is C12H11ClN2O3. The summed E-state index contributed by atoms with van der Waals surface area (Å²) in [5.41, 5.74) is 0.598. The molecule has 0 spiro atoms. The summed E-state index contributed by atoms with van der Waals surface area (Å²) in [5.74, 6) is -0.616. The molecule has 1 N–H and O–H groups in total. The van der Waals surface area contributed by atoms with Gasteiger partial charge < -0.3 is 9.84 Å². The van der Waals surface area contributed by atoms with E-state index in [0.717, 1.165) is 0 Å². The number of rotatable bonds is 4. The van der Waals surface area contributed by atoms with Gasteiger partial charge in [-0.25, -0.2) is 9.48 Å². The lowest BCUT2D eigenvalue weighted by Gasteiger charge is -2.14. The molecule has 0 aliphatic carbocycles. The summed E-state index contributed by atoms with van der Waals surface area (Å²) in [6.45, 7) is 1.46. The van der Waals surface area contributed by atoms with Crippen molar-refractivity contribution < 1.29 is 14.6 Å². The van der Waals surface area contributed by atoms with Crippen molar-refractivity contribution in [2.45, 2.75) is 13.0 Å². The van der Waals surface area contributed by atoms with E-state index < -0.39 is 12.1 Å². The quantitative estimate of drug-likeness (QED) is 0.923. The molecule has 0 amide bonds. The highest BCUT2D eigenvalue weighted by molar-refractivity contribution is 6.30. The van der Waals surface area contributed by atoms with Crippen molar-refractivity contribution in [3.05, 3.63) is 41.7 Å². The van der Waals surface area contributed by atoms with E-state index in [2.05, 4.69) is 5.10 Å². The summed E-state index contributed by atoms with van der Waals surface area (Å²) in [6, 6.07) is 6.68. The van der Waals surface area contributed by atoms with Crippen molar-refractivity contribution in [2.75, 3.05) is 0 Å². The molecular weight excluding hydrogens is 256 g/mol. The maximum absolute atomic E-state index is 10.8. The molecule has 18 heavy (non-hydrogen) atoms. The minimum absolute atomic E-state index is 0.415. The van der Waals surface area contributed by atoms with Gasteiger partial charge in [0.2, 0.25) is 0 Å². The minimum atomic E-state index is -1.03. The Hall–Kier alpha value is -2.01. The van der Waals surface area contributed by atoms with Gasteiger partial charge in [0.15, 0.2) is 6.10 Å². The number of nitrogens with zero attached hydrogens (tertiary/aromatic N) is 2. The Balaban J connectivity index is 2.38. The zero-order valence-electron chi connectivity index (χ0n) is 9.58. The molecule has 0 aliphatic heterocycles. The molecule has 0 fully saturated rings. The number of ether oxygens (including phenoxy) is 1. The summed E-state index contributed by atoms with van der Waals surface area (Å²) < 4.78 is 6.93. The van der Waals surface area contributed by atoms with Crippen molar-refractivity contribution >= 4 is 17.6 Å². The van der Waals surface area contributed by atoms with Gasteiger partial charge >= 0.3 is 5.97 Å². The van der Waals surface area contributed by atoms with Crippen LogP contribution >= 0.6 is 11.6 Å². The van der Waals surface area contributed by atoms with Gasteiger partial charge in [0.25, 0.3) is 0 Å². The second kappa shape index (κ2) is 5.10. The Bertz CT molecular complexity index is 554. The molecule has 2 aromatic rings. The molecule has 94 valence electrons. The Kier molecular flexibility index (Phi) is 3.53. The van der Waals surface area contributed by atoms with Crippen molar-refractivity contribution in [2.24, 2.45) is 0 Å². The Morgan fingerprint density at radius 2 is 2.33 bits per heavy atom. The highest BCUT2D eigenvalue weighted by Gasteiger charge is 2.16. The highest BCUT2D eigenvalue weighted by atomic mass is 35.5. The maximum atomic E-state index is 10.8. The summed E-state index contributed by atoms with van der Waals surface area (Å²) in [4.78, 5) is 10.8. The predicted octanol–water partition coefficient (Wildman–Crippen LogP) is 2.38. The number of hydrogen-bond acceptors (Lipinski definition) is 3. The standard InChI is InChI=1S/C12H11ClN2O3/c1-8(12(16)17)18-11-4-3-9(13)7-10(11)15-6-2-5-14-15/h2-8H,1H3,(H,16,17)/t8-/m0/s1. The van der Waals surface area contributed by atoms with Gasteiger partial charge in [-0.3, -0.25) is 0 Å². The van der Waals surface area contributed by atoms with E-state index in [1.165, 1.54) is 6.92 Å². The fourth-order valence-electron chi connectivity index (χ4n) is 1.42. The van der Waals surface area contributed by atoms with Crippen molar-refractivity contribution in [3.8, 4) is 11.4 Å². The number of halogens is 1. The van der Waals surface area contributed by atoms with E-state index in [0.29, 0.717) is 16.5 Å². The lowest BCUT2D eigenvalue weighted by Crippen LogP contribution is -2.23. The first kappa shape index (κ1) is 12.4. The molecule has 1 aromatic carbocycles. The molecule has 0 saturated carbocycles. The highest BCUT2D eigenvalue weighted by Crippen LogP contribution is 2.26. The number of carboxylic acids is 1. The Morgan fingerprint density at radius 3 is 2.94 bits per heavy atom. The number of aliphatic carboxylic acids is 1. The molecule has 6 heteroatoms. The van der Waals surface area contributed by atoms with E-state index >= 15 is 0 Å². The number of hydrogen-bond donors (Lipinski definition) is 1. The minimum Gasteiger partial charge on any atom is -0.479 e. The van der Waals surface area contributed by atoms with Gasteiger partial charge in [-0.2, -0.15) is 5.10 Å². The average Bonchev–Trinajstić information content (AvgIpc) is 2.84. The van der Waals surface area contributed by atoms with Crippen LogP contribution in [0.2, 0.25) is 5.02 Å². The van der Waals surface area contributed by atoms with Crippen molar-refractivity contribution in [1.29, 1.82) is 0 Å². The van der Waals surface area contributed by atoms with Crippen molar-refractivity contribution in [1.82, 2.24) is 9.78 Å². The third-order valence-corrected chi connectivity index (χ3v) is 2.56. The normalized spacial score (nSPS) is 12.1.